The van der Waals surface area contributed by atoms with Crippen LogP contribution in [0.5, 0.6) is 11.6 Å². The molecule has 2 aromatic rings. The number of para-hydroxylation sites is 1. The number of benzene rings is 1. The van der Waals surface area contributed by atoms with E-state index in [1.807, 2.05) is 30.3 Å². The van der Waals surface area contributed by atoms with E-state index in [2.05, 4.69) is 22.0 Å². The van der Waals surface area contributed by atoms with Gasteiger partial charge in [-0.2, -0.15) is 0 Å². The second kappa shape index (κ2) is 7.02. The minimum atomic E-state index is -0.0697. The lowest BCUT2D eigenvalue weighted by atomic mass is 9.84. The summed E-state index contributed by atoms with van der Waals surface area (Å²) in [6.45, 7) is 3.52. The summed E-state index contributed by atoms with van der Waals surface area (Å²) >= 11 is 0. The molecule has 1 aromatic heterocycles. The Balaban J connectivity index is 1.33. The summed E-state index contributed by atoms with van der Waals surface area (Å²) in [7, 11) is 1.72. The van der Waals surface area contributed by atoms with Crippen LogP contribution in [0, 0.1) is 0 Å². The average molecular weight is 340 g/mol. The number of aromatic nitrogens is 1. The predicted octanol–water partition coefficient (Wildman–Crippen LogP) is 2.90. The van der Waals surface area contributed by atoms with Crippen molar-refractivity contribution in [3.05, 3.63) is 54.2 Å². The molecule has 0 unspecified atom stereocenters. The normalized spacial score (nSPS) is 22.4. The van der Waals surface area contributed by atoms with Crippen molar-refractivity contribution in [2.45, 2.75) is 31.1 Å². The van der Waals surface area contributed by atoms with Crippen LogP contribution in [0.3, 0.4) is 0 Å². The molecule has 2 aliphatic heterocycles. The fraction of sp³-hybridized carbons (Fsp3) is 0.450. The molecule has 1 atom stereocenters. The van der Waals surface area contributed by atoms with Crippen molar-refractivity contribution < 1.29 is 14.2 Å². The lowest BCUT2D eigenvalue weighted by Crippen LogP contribution is -2.65. The molecule has 5 heteroatoms. The van der Waals surface area contributed by atoms with Crippen molar-refractivity contribution in [3.8, 4) is 11.6 Å². The van der Waals surface area contributed by atoms with Gasteiger partial charge in [-0.05, 0) is 12.1 Å². The maximum absolute atomic E-state index is 6.12. The average Bonchev–Trinajstić information content (AvgIpc) is 2.62. The zero-order valence-electron chi connectivity index (χ0n) is 14.6. The molecule has 25 heavy (non-hydrogen) atoms. The van der Waals surface area contributed by atoms with Crippen molar-refractivity contribution in [2.75, 3.05) is 26.8 Å². The van der Waals surface area contributed by atoms with E-state index < -0.39 is 0 Å². The number of likely N-dealkylation sites (tertiary alicyclic amines) is 1. The van der Waals surface area contributed by atoms with Crippen LogP contribution in [0.2, 0.25) is 0 Å². The minimum Gasteiger partial charge on any atom is -0.496 e. The smallest absolute Gasteiger partial charge is 0.213 e. The number of rotatable bonds is 5. The van der Waals surface area contributed by atoms with Crippen LogP contribution in [0.15, 0.2) is 48.7 Å². The number of nitrogens with zero attached hydrogens (tertiary/aromatic N) is 2. The topological polar surface area (TPSA) is 43.8 Å². The molecule has 0 saturated carbocycles. The lowest BCUT2D eigenvalue weighted by molar-refractivity contribution is -0.188. The fourth-order valence-corrected chi connectivity index (χ4v) is 3.85. The third kappa shape index (κ3) is 3.62. The highest BCUT2D eigenvalue weighted by Gasteiger charge is 2.48. The molecule has 1 aromatic carbocycles. The van der Waals surface area contributed by atoms with Crippen LogP contribution < -0.4 is 9.47 Å². The van der Waals surface area contributed by atoms with Gasteiger partial charge in [0.1, 0.15) is 11.9 Å². The van der Waals surface area contributed by atoms with Gasteiger partial charge in [-0.1, -0.05) is 24.3 Å². The highest BCUT2D eigenvalue weighted by molar-refractivity contribution is 5.33. The first-order valence-corrected chi connectivity index (χ1v) is 8.82. The van der Waals surface area contributed by atoms with E-state index >= 15 is 0 Å². The molecule has 2 aliphatic rings. The standard InChI is InChI=1S/C20H24N2O3/c1-23-18-7-3-2-6-16(18)13-22-14-20(15-22)12-17(9-11-24-20)25-19-8-4-5-10-21-19/h2-8,10,17H,9,11-15H2,1H3/t17-/m0/s1. The molecular formula is C20H24N2O3. The van der Waals surface area contributed by atoms with Gasteiger partial charge in [0.15, 0.2) is 0 Å². The number of ether oxygens (including phenoxy) is 3. The summed E-state index contributed by atoms with van der Waals surface area (Å²) in [6, 6.07) is 14.0. The number of methoxy groups -OCH3 is 1. The largest absolute Gasteiger partial charge is 0.496 e. The first-order valence-electron chi connectivity index (χ1n) is 8.82. The Hall–Kier alpha value is -2.11. The molecule has 0 bridgehead atoms. The zero-order chi connectivity index (χ0) is 17.1. The van der Waals surface area contributed by atoms with E-state index in [9.17, 15) is 0 Å². The van der Waals surface area contributed by atoms with Crippen LogP contribution in [0.25, 0.3) is 0 Å². The molecule has 5 nitrogen and oxygen atoms in total. The number of hydrogen-bond donors (Lipinski definition) is 0. The first-order chi connectivity index (χ1) is 12.3. The fourth-order valence-electron chi connectivity index (χ4n) is 3.85. The first kappa shape index (κ1) is 16.4. The third-order valence-corrected chi connectivity index (χ3v) is 4.98. The van der Waals surface area contributed by atoms with Gasteiger partial charge < -0.3 is 14.2 Å². The molecule has 132 valence electrons. The van der Waals surface area contributed by atoms with Crippen LogP contribution in [0.1, 0.15) is 18.4 Å². The minimum absolute atomic E-state index is 0.0697. The Morgan fingerprint density at radius 1 is 1.20 bits per heavy atom. The Morgan fingerprint density at radius 3 is 2.84 bits per heavy atom. The summed E-state index contributed by atoms with van der Waals surface area (Å²) in [5.41, 5.74) is 1.15. The monoisotopic (exact) mass is 340 g/mol. The van der Waals surface area contributed by atoms with E-state index in [-0.39, 0.29) is 11.7 Å². The second-order valence-electron chi connectivity index (χ2n) is 6.89. The van der Waals surface area contributed by atoms with Crippen molar-refractivity contribution in [1.29, 1.82) is 0 Å². The summed E-state index contributed by atoms with van der Waals surface area (Å²) in [5, 5.41) is 0. The van der Waals surface area contributed by atoms with Gasteiger partial charge in [0.05, 0.1) is 19.3 Å². The van der Waals surface area contributed by atoms with Crippen LogP contribution in [0.4, 0.5) is 0 Å². The number of pyridine rings is 1. The molecular weight excluding hydrogens is 316 g/mol. The predicted molar refractivity (Wildman–Crippen MR) is 94.8 cm³/mol. The van der Waals surface area contributed by atoms with E-state index in [0.29, 0.717) is 5.88 Å². The molecule has 2 saturated heterocycles. The molecule has 0 amide bonds. The van der Waals surface area contributed by atoms with Crippen LogP contribution >= 0.6 is 0 Å². The van der Waals surface area contributed by atoms with Gasteiger partial charge in [-0.15, -0.1) is 0 Å². The van der Waals surface area contributed by atoms with Crippen molar-refractivity contribution >= 4 is 0 Å². The quantitative estimate of drug-likeness (QED) is 0.837. The molecule has 0 N–H and O–H groups in total. The maximum Gasteiger partial charge on any atom is 0.213 e. The van der Waals surface area contributed by atoms with Crippen molar-refractivity contribution in [1.82, 2.24) is 9.88 Å². The zero-order valence-corrected chi connectivity index (χ0v) is 14.6. The van der Waals surface area contributed by atoms with Gasteiger partial charge >= 0.3 is 0 Å². The van der Waals surface area contributed by atoms with Gasteiger partial charge in [0, 0.05) is 50.3 Å². The van der Waals surface area contributed by atoms with E-state index in [0.717, 1.165) is 44.8 Å². The summed E-state index contributed by atoms with van der Waals surface area (Å²) in [4.78, 5) is 6.67. The Bertz CT molecular complexity index is 701. The Kier molecular flexibility index (Phi) is 4.59. The highest BCUT2D eigenvalue weighted by Crippen LogP contribution is 2.37. The van der Waals surface area contributed by atoms with Crippen LogP contribution in [-0.2, 0) is 11.3 Å². The van der Waals surface area contributed by atoms with Crippen molar-refractivity contribution in [3.63, 3.8) is 0 Å². The molecule has 0 radical (unpaired) electrons. The molecule has 1 spiro atoms. The van der Waals surface area contributed by atoms with Crippen molar-refractivity contribution in [2.24, 2.45) is 0 Å². The molecule has 0 aliphatic carbocycles. The highest BCUT2D eigenvalue weighted by atomic mass is 16.5. The van der Waals surface area contributed by atoms with Gasteiger partial charge in [0.2, 0.25) is 5.88 Å². The van der Waals surface area contributed by atoms with Gasteiger partial charge in [-0.25, -0.2) is 4.98 Å². The third-order valence-electron chi connectivity index (χ3n) is 4.98. The summed E-state index contributed by atoms with van der Waals surface area (Å²) in [5.74, 6) is 1.65. The molecule has 3 heterocycles. The molecule has 4 rings (SSSR count). The SMILES string of the molecule is COc1ccccc1CN1CC2(C[C@@H](Oc3ccccn3)CCO2)C1. The van der Waals surface area contributed by atoms with E-state index in [1.165, 1.54) is 5.56 Å². The Labute approximate surface area is 148 Å². The van der Waals surface area contributed by atoms with E-state index in [1.54, 1.807) is 13.3 Å². The second-order valence-corrected chi connectivity index (χ2v) is 6.89. The van der Waals surface area contributed by atoms with Gasteiger partial charge in [0.25, 0.3) is 0 Å². The maximum atomic E-state index is 6.12. The van der Waals surface area contributed by atoms with Gasteiger partial charge in [-0.3, -0.25) is 4.90 Å². The molecule has 2 fully saturated rings. The summed E-state index contributed by atoms with van der Waals surface area (Å²) in [6.07, 6.45) is 3.79. The van der Waals surface area contributed by atoms with E-state index in [4.69, 9.17) is 14.2 Å². The van der Waals surface area contributed by atoms with Crippen LogP contribution in [-0.4, -0.2) is 48.4 Å². The number of hydrogen-bond acceptors (Lipinski definition) is 5. The summed E-state index contributed by atoms with van der Waals surface area (Å²) < 4.78 is 17.6. The lowest BCUT2D eigenvalue weighted by Gasteiger charge is -2.53. The Morgan fingerprint density at radius 2 is 2.04 bits per heavy atom.